The molecule has 0 aromatic carbocycles. The van der Waals surface area contributed by atoms with Crippen LogP contribution in [0.1, 0.15) is 71.1 Å². The number of hydrogen-bond donors (Lipinski definition) is 0. The summed E-state index contributed by atoms with van der Waals surface area (Å²) in [7, 11) is 0. The van der Waals surface area contributed by atoms with E-state index >= 15 is 0 Å². The highest BCUT2D eigenvalue weighted by Gasteiger charge is 1.92. The summed E-state index contributed by atoms with van der Waals surface area (Å²) in [6.45, 7) is 7.74. The van der Waals surface area contributed by atoms with E-state index in [4.69, 9.17) is 4.74 Å². The summed E-state index contributed by atoms with van der Waals surface area (Å²) < 4.78 is 5.30. The van der Waals surface area contributed by atoms with E-state index in [0.717, 1.165) is 19.6 Å². The van der Waals surface area contributed by atoms with Crippen LogP contribution in [0.4, 0.5) is 0 Å². The maximum Gasteiger partial charge on any atom is 0.0465 e. The van der Waals surface area contributed by atoms with E-state index in [1.807, 2.05) is 0 Å². The van der Waals surface area contributed by atoms with Crippen LogP contribution in [0, 0.1) is 6.92 Å². The van der Waals surface area contributed by atoms with Gasteiger partial charge in [0.2, 0.25) is 0 Å². The van der Waals surface area contributed by atoms with E-state index in [1.165, 1.54) is 57.8 Å². The first kappa shape index (κ1) is 15.0. The third-order valence-corrected chi connectivity index (χ3v) is 2.74. The summed E-state index contributed by atoms with van der Waals surface area (Å²) in [6, 6.07) is 0. The SMILES string of the molecule is [CH2]CCCCCCCCCCCOCC. The number of hydrogen-bond acceptors (Lipinski definition) is 1. The minimum Gasteiger partial charge on any atom is -0.382 e. The van der Waals surface area contributed by atoms with Gasteiger partial charge in [0.1, 0.15) is 0 Å². The largest absolute Gasteiger partial charge is 0.382 e. The van der Waals surface area contributed by atoms with E-state index in [2.05, 4.69) is 13.8 Å². The third-order valence-electron chi connectivity index (χ3n) is 2.74. The highest BCUT2D eigenvalue weighted by atomic mass is 16.5. The Labute approximate surface area is 96.6 Å². The van der Waals surface area contributed by atoms with Crippen molar-refractivity contribution in [2.24, 2.45) is 0 Å². The number of ether oxygens (including phenoxy) is 1. The fourth-order valence-corrected chi connectivity index (χ4v) is 1.76. The molecule has 0 saturated carbocycles. The van der Waals surface area contributed by atoms with E-state index in [1.54, 1.807) is 0 Å². The molecule has 0 unspecified atom stereocenters. The molecule has 0 aromatic rings. The van der Waals surface area contributed by atoms with Crippen molar-refractivity contribution < 1.29 is 4.74 Å². The molecule has 0 aliphatic carbocycles. The Morgan fingerprint density at radius 2 is 1.20 bits per heavy atom. The van der Waals surface area contributed by atoms with Crippen LogP contribution in [0.2, 0.25) is 0 Å². The molecular formula is C14H29O. The molecule has 0 fully saturated rings. The van der Waals surface area contributed by atoms with Crippen LogP contribution in [0.3, 0.4) is 0 Å². The zero-order chi connectivity index (χ0) is 11.2. The smallest absolute Gasteiger partial charge is 0.0465 e. The topological polar surface area (TPSA) is 9.23 Å². The standard InChI is InChI=1S/C14H29O/c1-3-5-6-7-8-9-10-11-12-13-14-15-4-2/h1,3-14H2,2H3. The molecule has 0 amide bonds. The zero-order valence-corrected chi connectivity index (χ0v) is 10.6. The number of unbranched alkanes of at least 4 members (excludes halogenated alkanes) is 9. The predicted octanol–water partition coefficient (Wildman–Crippen LogP) is 4.76. The molecule has 1 nitrogen and oxygen atoms in total. The van der Waals surface area contributed by atoms with Crippen molar-refractivity contribution in [1.82, 2.24) is 0 Å². The Kier molecular flexibility index (Phi) is 13.9. The average molecular weight is 213 g/mol. The first-order valence-electron chi connectivity index (χ1n) is 6.78. The Morgan fingerprint density at radius 1 is 0.733 bits per heavy atom. The maximum absolute atomic E-state index is 5.30. The fourth-order valence-electron chi connectivity index (χ4n) is 1.76. The molecule has 91 valence electrons. The maximum atomic E-state index is 5.30. The summed E-state index contributed by atoms with van der Waals surface area (Å²) in [6.07, 6.45) is 13.5. The average Bonchev–Trinajstić information content (AvgIpc) is 2.26. The predicted molar refractivity (Wildman–Crippen MR) is 68.0 cm³/mol. The summed E-state index contributed by atoms with van der Waals surface area (Å²) in [5.41, 5.74) is 0. The Bertz CT molecular complexity index is 89.5. The lowest BCUT2D eigenvalue weighted by molar-refractivity contribution is 0.143. The molecule has 15 heavy (non-hydrogen) atoms. The van der Waals surface area contributed by atoms with Crippen molar-refractivity contribution in [2.75, 3.05) is 13.2 Å². The minimum atomic E-state index is 0.867. The van der Waals surface area contributed by atoms with Gasteiger partial charge >= 0.3 is 0 Å². The third kappa shape index (κ3) is 14.0. The van der Waals surface area contributed by atoms with Gasteiger partial charge in [0, 0.05) is 13.2 Å². The number of rotatable bonds is 12. The molecule has 0 heterocycles. The van der Waals surface area contributed by atoms with E-state index < -0.39 is 0 Å². The van der Waals surface area contributed by atoms with E-state index in [-0.39, 0.29) is 0 Å². The van der Waals surface area contributed by atoms with Crippen LogP contribution in [-0.4, -0.2) is 13.2 Å². The molecule has 1 heteroatoms. The van der Waals surface area contributed by atoms with E-state index in [9.17, 15) is 0 Å². The zero-order valence-electron chi connectivity index (χ0n) is 10.6. The van der Waals surface area contributed by atoms with Gasteiger partial charge < -0.3 is 4.74 Å². The second-order valence-corrected chi connectivity index (χ2v) is 4.23. The lowest BCUT2D eigenvalue weighted by atomic mass is 10.1. The lowest BCUT2D eigenvalue weighted by Crippen LogP contribution is -1.92. The summed E-state index contributed by atoms with van der Waals surface area (Å²) in [4.78, 5) is 0. The lowest BCUT2D eigenvalue weighted by Gasteiger charge is -2.02. The summed E-state index contributed by atoms with van der Waals surface area (Å²) in [5, 5.41) is 0. The molecule has 0 aliphatic rings. The fraction of sp³-hybridized carbons (Fsp3) is 0.929. The van der Waals surface area contributed by atoms with Gasteiger partial charge in [-0.15, -0.1) is 0 Å². The van der Waals surface area contributed by atoms with Gasteiger partial charge in [0.25, 0.3) is 0 Å². The quantitative estimate of drug-likeness (QED) is 0.425. The minimum absolute atomic E-state index is 0.867. The molecule has 0 bridgehead atoms. The van der Waals surface area contributed by atoms with Gasteiger partial charge in [0.15, 0.2) is 0 Å². The van der Waals surface area contributed by atoms with Crippen LogP contribution in [0.5, 0.6) is 0 Å². The van der Waals surface area contributed by atoms with Gasteiger partial charge in [-0.3, -0.25) is 0 Å². The van der Waals surface area contributed by atoms with E-state index in [0.29, 0.717) is 0 Å². The van der Waals surface area contributed by atoms with Crippen LogP contribution in [0.25, 0.3) is 0 Å². The second-order valence-electron chi connectivity index (χ2n) is 4.23. The van der Waals surface area contributed by atoms with Crippen molar-refractivity contribution in [2.45, 2.75) is 71.1 Å². The molecule has 0 spiro atoms. The molecule has 0 aliphatic heterocycles. The molecule has 0 saturated heterocycles. The molecule has 0 atom stereocenters. The van der Waals surface area contributed by atoms with Crippen LogP contribution >= 0.6 is 0 Å². The van der Waals surface area contributed by atoms with Crippen molar-refractivity contribution in [3.05, 3.63) is 6.92 Å². The molecule has 0 N–H and O–H groups in total. The molecular weight excluding hydrogens is 184 g/mol. The molecule has 0 rings (SSSR count). The Balaban J connectivity index is 2.81. The van der Waals surface area contributed by atoms with Gasteiger partial charge in [-0.1, -0.05) is 64.7 Å². The van der Waals surface area contributed by atoms with Gasteiger partial charge in [0.05, 0.1) is 0 Å². The normalized spacial score (nSPS) is 10.8. The molecule has 0 aromatic heterocycles. The highest BCUT2D eigenvalue weighted by molar-refractivity contribution is 4.48. The second kappa shape index (κ2) is 14.0. The first-order chi connectivity index (χ1) is 7.41. The van der Waals surface area contributed by atoms with Crippen LogP contribution < -0.4 is 0 Å². The van der Waals surface area contributed by atoms with Crippen molar-refractivity contribution >= 4 is 0 Å². The van der Waals surface area contributed by atoms with Gasteiger partial charge in [-0.05, 0) is 13.3 Å². The van der Waals surface area contributed by atoms with Crippen molar-refractivity contribution in [3.63, 3.8) is 0 Å². The van der Waals surface area contributed by atoms with Gasteiger partial charge in [-0.25, -0.2) is 0 Å². The van der Waals surface area contributed by atoms with Crippen LogP contribution in [0.15, 0.2) is 0 Å². The van der Waals surface area contributed by atoms with Crippen molar-refractivity contribution in [1.29, 1.82) is 0 Å². The van der Waals surface area contributed by atoms with Crippen molar-refractivity contribution in [3.8, 4) is 0 Å². The van der Waals surface area contributed by atoms with Gasteiger partial charge in [-0.2, -0.15) is 0 Å². The molecule has 1 radical (unpaired) electrons. The summed E-state index contributed by atoms with van der Waals surface area (Å²) in [5.74, 6) is 0. The highest BCUT2D eigenvalue weighted by Crippen LogP contribution is 2.10. The summed E-state index contributed by atoms with van der Waals surface area (Å²) >= 11 is 0. The first-order valence-corrected chi connectivity index (χ1v) is 6.78. The monoisotopic (exact) mass is 213 g/mol. The Hall–Kier alpha value is -0.0400. The van der Waals surface area contributed by atoms with Crippen LogP contribution in [-0.2, 0) is 4.74 Å². The Morgan fingerprint density at radius 3 is 1.67 bits per heavy atom.